The van der Waals surface area contributed by atoms with Gasteiger partial charge in [-0.05, 0) is 38.8 Å². The Bertz CT molecular complexity index is 577. The fourth-order valence-electron chi connectivity index (χ4n) is 2.52. The third-order valence-corrected chi connectivity index (χ3v) is 3.75. The molecule has 0 saturated carbocycles. The number of carbonyl (C=O) groups excluding carboxylic acids is 2. The molecule has 0 radical (unpaired) electrons. The molecule has 5 heteroatoms. The van der Waals surface area contributed by atoms with Crippen LogP contribution in [0.1, 0.15) is 31.9 Å². The zero-order chi connectivity index (χ0) is 17.0. The van der Waals surface area contributed by atoms with Crippen LogP contribution in [0, 0.1) is 6.92 Å². The average molecular weight is 319 g/mol. The Morgan fingerprint density at radius 1 is 1.30 bits per heavy atom. The van der Waals surface area contributed by atoms with Gasteiger partial charge in [0.2, 0.25) is 0 Å². The van der Waals surface area contributed by atoms with Crippen molar-refractivity contribution in [1.82, 2.24) is 4.90 Å². The molecule has 126 valence electrons. The summed E-state index contributed by atoms with van der Waals surface area (Å²) in [5.74, 6) is -0.0233. The van der Waals surface area contributed by atoms with Gasteiger partial charge in [0.25, 0.3) is 0 Å². The van der Waals surface area contributed by atoms with Gasteiger partial charge in [0.15, 0.2) is 5.78 Å². The molecule has 1 saturated heterocycles. The normalized spacial score (nSPS) is 18.6. The molecule has 5 nitrogen and oxygen atoms in total. The van der Waals surface area contributed by atoms with Gasteiger partial charge in [-0.1, -0.05) is 24.3 Å². The van der Waals surface area contributed by atoms with Crippen LogP contribution in [0.5, 0.6) is 0 Å². The Labute approximate surface area is 137 Å². The first-order valence-electron chi connectivity index (χ1n) is 7.92. The van der Waals surface area contributed by atoms with Crippen molar-refractivity contribution >= 4 is 11.9 Å². The van der Waals surface area contributed by atoms with Gasteiger partial charge in [-0.2, -0.15) is 0 Å². The summed E-state index contributed by atoms with van der Waals surface area (Å²) in [5.41, 5.74) is 1.47. The summed E-state index contributed by atoms with van der Waals surface area (Å²) < 4.78 is 10.8. The lowest BCUT2D eigenvalue weighted by molar-refractivity contribution is -0.129. The molecule has 0 bridgehead atoms. The molecule has 1 heterocycles. The lowest BCUT2D eigenvalue weighted by Gasteiger charge is -2.35. The first kappa shape index (κ1) is 17.5. The fraction of sp³-hybridized carbons (Fsp3) is 0.556. The molecule has 1 aliphatic heterocycles. The highest BCUT2D eigenvalue weighted by Gasteiger charge is 2.35. The van der Waals surface area contributed by atoms with Crippen molar-refractivity contribution in [3.8, 4) is 0 Å². The Balaban J connectivity index is 2.10. The molecule has 1 unspecified atom stereocenters. The second kappa shape index (κ2) is 7.13. The third kappa shape index (κ3) is 4.79. The van der Waals surface area contributed by atoms with Crippen molar-refractivity contribution in [1.29, 1.82) is 0 Å². The first-order valence-corrected chi connectivity index (χ1v) is 7.92. The Kier molecular flexibility index (Phi) is 5.42. The van der Waals surface area contributed by atoms with Crippen LogP contribution in [0.3, 0.4) is 0 Å². The van der Waals surface area contributed by atoms with Gasteiger partial charge in [-0.15, -0.1) is 0 Å². The van der Waals surface area contributed by atoms with E-state index in [1.54, 1.807) is 0 Å². The number of Topliss-reactive ketones (excluding diaryl/α,β-unsaturated/α-hetero) is 1. The van der Waals surface area contributed by atoms with E-state index in [0.29, 0.717) is 19.6 Å². The largest absolute Gasteiger partial charge is 0.444 e. The number of carbonyl (C=O) groups is 2. The summed E-state index contributed by atoms with van der Waals surface area (Å²) in [6, 6.07) is 7.19. The van der Waals surface area contributed by atoms with Crippen molar-refractivity contribution in [3.63, 3.8) is 0 Å². The summed E-state index contributed by atoms with van der Waals surface area (Å²) in [6.45, 7) is 8.45. The number of ether oxygens (including phenoxy) is 2. The number of nitrogens with zero attached hydrogens (tertiary/aromatic N) is 1. The molecule has 0 aliphatic carbocycles. The number of morpholine rings is 1. The van der Waals surface area contributed by atoms with Crippen LogP contribution in [-0.4, -0.2) is 48.2 Å². The molecule has 2 rings (SSSR count). The third-order valence-electron chi connectivity index (χ3n) is 3.75. The van der Waals surface area contributed by atoms with Gasteiger partial charge in [-0.3, -0.25) is 9.69 Å². The van der Waals surface area contributed by atoms with Crippen molar-refractivity contribution in [2.24, 2.45) is 0 Å². The van der Waals surface area contributed by atoms with Crippen molar-refractivity contribution in [3.05, 3.63) is 35.4 Å². The quantitative estimate of drug-likeness (QED) is 0.859. The van der Waals surface area contributed by atoms with E-state index in [1.807, 2.05) is 52.0 Å². The number of hydrogen-bond acceptors (Lipinski definition) is 4. The zero-order valence-electron chi connectivity index (χ0n) is 14.3. The van der Waals surface area contributed by atoms with E-state index in [9.17, 15) is 9.59 Å². The van der Waals surface area contributed by atoms with E-state index in [-0.39, 0.29) is 12.4 Å². The van der Waals surface area contributed by atoms with Crippen LogP contribution in [0.4, 0.5) is 4.79 Å². The monoisotopic (exact) mass is 319 g/mol. The Morgan fingerprint density at radius 2 is 2.00 bits per heavy atom. The minimum absolute atomic E-state index is 0.0233. The molecule has 1 aromatic rings. The van der Waals surface area contributed by atoms with Crippen LogP contribution in [0.2, 0.25) is 0 Å². The smallest absolute Gasteiger partial charge is 0.411 e. The van der Waals surface area contributed by atoms with E-state index in [4.69, 9.17) is 9.47 Å². The second-order valence-corrected chi connectivity index (χ2v) is 6.83. The maximum Gasteiger partial charge on any atom is 0.411 e. The van der Waals surface area contributed by atoms with E-state index < -0.39 is 17.7 Å². The summed E-state index contributed by atoms with van der Waals surface area (Å²) in [7, 11) is 0. The predicted molar refractivity (Wildman–Crippen MR) is 87.4 cm³/mol. The molecule has 0 N–H and O–H groups in total. The van der Waals surface area contributed by atoms with Gasteiger partial charge in [-0.25, -0.2) is 4.79 Å². The summed E-state index contributed by atoms with van der Waals surface area (Å²) in [5, 5.41) is 0. The zero-order valence-corrected chi connectivity index (χ0v) is 14.3. The molecule has 1 amide bonds. The average Bonchev–Trinajstić information content (AvgIpc) is 2.48. The van der Waals surface area contributed by atoms with Crippen LogP contribution in [0.15, 0.2) is 24.3 Å². The summed E-state index contributed by atoms with van der Waals surface area (Å²) in [6.07, 6.45) is -0.163. The molecular weight excluding hydrogens is 294 g/mol. The topological polar surface area (TPSA) is 55.8 Å². The van der Waals surface area contributed by atoms with Gasteiger partial charge in [0, 0.05) is 13.0 Å². The van der Waals surface area contributed by atoms with E-state index >= 15 is 0 Å². The molecule has 1 atom stereocenters. The molecule has 1 aromatic carbocycles. The highest BCUT2D eigenvalue weighted by atomic mass is 16.6. The van der Waals surface area contributed by atoms with Crippen LogP contribution >= 0.6 is 0 Å². The number of amides is 1. The highest BCUT2D eigenvalue weighted by molar-refractivity contribution is 5.89. The lowest BCUT2D eigenvalue weighted by Crippen LogP contribution is -2.54. The number of rotatable bonds is 3. The van der Waals surface area contributed by atoms with E-state index in [0.717, 1.165) is 11.1 Å². The van der Waals surface area contributed by atoms with Gasteiger partial charge in [0.05, 0.1) is 13.2 Å². The molecule has 0 aromatic heterocycles. The maximum atomic E-state index is 12.7. The second-order valence-electron chi connectivity index (χ2n) is 6.83. The molecular formula is C18H25NO4. The number of ketones is 1. The fourth-order valence-corrected chi connectivity index (χ4v) is 2.52. The standard InChI is InChI=1S/C18H25NO4/c1-13-7-5-6-8-14(13)11-16(20)15-12-22-10-9-19(15)17(21)23-18(2,3)4/h5-8,15H,9-12H2,1-4H3. The van der Waals surface area contributed by atoms with Crippen molar-refractivity contribution < 1.29 is 19.1 Å². The molecule has 1 fully saturated rings. The SMILES string of the molecule is Cc1ccccc1CC(=O)C1COCCN1C(=O)OC(C)(C)C. The highest BCUT2D eigenvalue weighted by Crippen LogP contribution is 2.17. The van der Waals surface area contributed by atoms with Gasteiger partial charge >= 0.3 is 6.09 Å². The Morgan fingerprint density at radius 3 is 2.65 bits per heavy atom. The van der Waals surface area contributed by atoms with Crippen molar-refractivity contribution in [2.45, 2.75) is 45.8 Å². The summed E-state index contributed by atoms with van der Waals surface area (Å²) in [4.78, 5) is 26.5. The van der Waals surface area contributed by atoms with Gasteiger partial charge < -0.3 is 9.47 Å². The van der Waals surface area contributed by atoms with Crippen LogP contribution in [-0.2, 0) is 20.7 Å². The van der Waals surface area contributed by atoms with Crippen LogP contribution in [0.25, 0.3) is 0 Å². The van der Waals surface area contributed by atoms with Gasteiger partial charge in [0.1, 0.15) is 11.6 Å². The maximum absolute atomic E-state index is 12.7. The number of aryl methyl sites for hydroxylation is 1. The number of benzene rings is 1. The van der Waals surface area contributed by atoms with Crippen molar-refractivity contribution in [2.75, 3.05) is 19.8 Å². The lowest BCUT2D eigenvalue weighted by atomic mass is 9.99. The van der Waals surface area contributed by atoms with E-state index in [2.05, 4.69) is 0 Å². The minimum atomic E-state index is -0.585. The molecule has 1 aliphatic rings. The molecule has 23 heavy (non-hydrogen) atoms. The number of hydrogen-bond donors (Lipinski definition) is 0. The minimum Gasteiger partial charge on any atom is -0.444 e. The first-order chi connectivity index (χ1) is 10.8. The predicted octanol–water partition coefficient (Wildman–Crippen LogP) is 2.74. The Hall–Kier alpha value is -1.88. The van der Waals surface area contributed by atoms with E-state index in [1.165, 1.54) is 4.90 Å². The molecule has 0 spiro atoms. The van der Waals surface area contributed by atoms with Crippen LogP contribution < -0.4 is 0 Å². The summed E-state index contributed by atoms with van der Waals surface area (Å²) >= 11 is 0.